The molecule has 126 valence electrons. The predicted octanol–water partition coefficient (Wildman–Crippen LogP) is 0.619. The number of methoxy groups -OCH3 is 1. The summed E-state index contributed by atoms with van der Waals surface area (Å²) in [6, 6.07) is 7.21. The predicted molar refractivity (Wildman–Crippen MR) is 83.7 cm³/mol. The van der Waals surface area contributed by atoms with Crippen LogP contribution in [0, 0.1) is 0 Å². The Balaban J connectivity index is 1.70. The van der Waals surface area contributed by atoms with Gasteiger partial charge in [-0.2, -0.15) is 0 Å². The normalized spacial score (nSPS) is 13.5. The summed E-state index contributed by atoms with van der Waals surface area (Å²) in [5.74, 6) is -2.34. The lowest BCUT2D eigenvalue weighted by atomic mass is 10.1. The van der Waals surface area contributed by atoms with Crippen LogP contribution in [0.2, 0.25) is 0 Å². The number of hydrogen-bond acceptors (Lipinski definition) is 5. The molecule has 2 aromatic rings. The fourth-order valence-corrected chi connectivity index (χ4v) is 2.28. The molecule has 1 fully saturated rings. The molecule has 3 N–H and O–H groups in total. The van der Waals surface area contributed by atoms with Gasteiger partial charge in [0.1, 0.15) is 5.58 Å². The fraction of sp³-hybridized carbons (Fsp3) is 0.312. The van der Waals surface area contributed by atoms with Crippen LogP contribution in [-0.4, -0.2) is 30.9 Å². The first-order valence-electron chi connectivity index (χ1n) is 7.50. The van der Waals surface area contributed by atoms with Crippen LogP contribution in [0.1, 0.15) is 29.0 Å². The van der Waals surface area contributed by atoms with Crippen LogP contribution in [-0.2, 0) is 20.9 Å². The number of amides is 3. The molecule has 8 nitrogen and oxygen atoms in total. The third-order valence-corrected chi connectivity index (χ3v) is 3.60. The zero-order valence-electron chi connectivity index (χ0n) is 13.0. The van der Waals surface area contributed by atoms with Gasteiger partial charge in [0, 0.05) is 24.1 Å². The summed E-state index contributed by atoms with van der Waals surface area (Å²) in [5.41, 5.74) is 5.37. The van der Waals surface area contributed by atoms with Crippen LogP contribution in [0.25, 0.3) is 11.0 Å². The minimum atomic E-state index is -0.931. The first-order chi connectivity index (χ1) is 11.6. The Morgan fingerprint density at radius 2 is 1.92 bits per heavy atom. The van der Waals surface area contributed by atoms with Crippen LogP contribution in [0.15, 0.2) is 28.7 Å². The van der Waals surface area contributed by atoms with E-state index in [0.29, 0.717) is 11.1 Å². The van der Waals surface area contributed by atoms with Gasteiger partial charge in [0.2, 0.25) is 0 Å². The van der Waals surface area contributed by atoms with Crippen LogP contribution in [0.5, 0.6) is 0 Å². The Morgan fingerprint density at radius 3 is 2.62 bits per heavy atom. The van der Waals surface area contributed by atoms with Crippen molar-refractivity contribution in [3.8, 4) is 0 Å². The second-order valence-electron chi connectivity index (χ2n) is 5.49. The Labute approximate surface area is 137 Å². The quantitative estimate of drug-likeness (QED) is 0.562. The standard InChI is InChI=1S/C16H17N3O5/c1-23-8-11-10-4-2-3-5-12(10)24-13(11)14(20)18-19-16(22)15(21)17-9-6-7-9/h2-5,9H,6-8H2,1H3,(H,17,21)(H,18,20)(H,19,22). The summed E-state index contributed by atoms with van der Waals surface area (Å²) in [5, 5.41) is 3.28. The molecule has 0 saturated heterocycles. The van der Waals surface area contributed by atoms with Crippen molar-refractivity contribution in [2.24, 2.45) is 0 Å². The number of nitrogens with one attached hydrogen (secondary N) is 3. The molecule has 0 aliphatic heterocycles. The van der Waals surface area contributed by atoms with Gasteiger partial charge in [0.05, 0.1) is 6.61 Å². The lowest BCUT2D eigenvalue weighted by molar-refractivity contribution is -0.139. The van der Waals surface area contributed by atoms with E-state index in [1.807, 2.05) is 12.1 Å². The molecule has 1 aliphatic rings. The van der Waals surface area contributed by atoms with Crippen molar-refractivity contribution in [3.05, 3.63) is 35.6 Å². The highest BCUT2D eigenvalue weighted by Crippen LogP contribution is 2.26. The van der Waals surface area contributed by atoms with Gasteiger partial charge in [-0.15, -0.1) is 0 Å². The molecule has 0 spiro atoms. The molecule has 3 amide bonds. The Bertz CT molecular complexity index is 794. The number of ether oxygens (including phenoxy) is 1. The number of hydrazine groups is 1. The SMILES string of the molecule is COCc1c(C(=O)NNC(=O)C(=O)NC2CC2)oc2ccccc12. The van der Waals surface area contributed by atoms with Crippen LogP contribution >= 0.6 is 0 Å². The first kappa shape index (κ1) is 16.0. The van der Waals surface area contributed by atoms with E-state index in [9.17, 15) is 14.4 Å². The van der Waals surface area contributed by atoms with E-state index < -0.39 is 17.7 Å². The minimum absolute atomic E-state index is 0.0287. The third-order valence-electron chi connectivity index (χ3n) is 3.60. The van der Waals surface area contributed by atoms with E-state index in [-0.39, 0.29) is 18.4 Å². The maximum atomic E-state index is 12.3. The van der Waals surface area contributed by atoms with Gasteiger partial charge in [-0.25, -0.2) is 0 Å². The summed E-state index contributed by atoms with van der Waals surface area (Å²) >= 11 is 0. The number of para-hydroxylation sites is 1. The van der Waals surface area contributed by atoms with Gasteiger partial charge in [-0.1, -0.05) is 18.2 Å². The summed E-state index contributed by atoms with van der Waals surface area (Å²) in [7, 11) is 1.51. The van der Waals surface area contributed by atoms with Crippen LogP contribution < -0.4 is 16.2 Å². The number of hydrogen-bond donors (Lipinski definition) is 3. The lowest BCUT2D eigenvalue weighted by Gasteiger charge is -2.07. The second-order valence-corrected chi connectivity index (χ2v) is 5.49. The van der Waals surface area contributed by atoms with Gasteiger partial charge < -0.3 is 14.5 Å². The second kappa shape index (κ2) is 6.71. The minimum Gasteiger partial charge on any atom is -0.450 e. The van der Waals surface area contributed by atoms with Gasteiger partial charge in [0.15, 0.2) is 5.76 Å². The maximum absolute atomic E-state index is 12.3. The molecule has 0 radical (unpaired) electrons. The highest BCUT2D eigenvalue weighted by Gasteiger charge is 2.27. The Kier molecular flexibility index (Phi) is 4.48. The van der Waals surface area contributed by atoms with Crippen molar-refractivity contribution < 1.29 is 23.5 Å². The van der Waals surface area contributed by atoms with E-state index in [1.165, 1.54) is 7.11 Å². The molecule has 0 bridgehead atoms. The molecule has 1 aliphatic carbocycles. The maximum Gasteiger partial charge on any atom is 0.327 e. The van der Waals surface area contributed by atoms with E-state index in [2.05, 4.69) is 16.2 Å². The lowest BCUT2D eigenvalue weighted by Crippen LogP contribution is -2.49. The zero-order chi connectivity index (χ0) is 17.1. The number of rotatable bonds is 4. The molecule has 24 heavy (non-hydrogen) atoms. The van der Waals surface area contributed by atoms with Gasteiger partial charge in [0.25, 0.3) is 0 Å². The van der Waals surface area contributed by atoms with Crippen molar-refractivity contribution in [3.63, 3.8) is 0 Å². The first-order valence-corrected chi connectivity index (χ1v) is 7.50. The van der Waals surface area contributed by atoms with Crippen LogP contribution in [0.4, 0.5) is 0 Å². The smallest absolute Gasteiger partial charge is 0.327 e. The fourth-order valence-electron chi connectivity index (χ4n) is 2.28. The van der Waals surface area contributed by atoms with Gasteiger partial charge >= 0.3 is 17.7 Å². The monoisotopic (exact) mass is 331 g/mol. The van der Waals surface area contributed by atoms with E-state index >= 15 is 0 Å². The average Bonchev–Trinajstić information content (AvgIpc) is 3.32. The third kappa shape index (κ3) is 3.38. The Morgan fingerprint density at radius 1 is 1.17 bits per heavy atom. The molecule has 1 aromatic heterocycles. The summed E-state index contributed by atoms with van der Waals surface area (Å²) in [4.78, 5) is 35.4. The van der Waals surface area contributed by atoms with Gasteiger partial charge in [-0.05, 0) is 18.9 Å². The van der Waals surface area contributed by atoms with Crippen LogP contribution in [0.3, 0.4) is 0 Å². The summed E-state index contributed by atoms with van der Waals surface area (Å²) in [6.45, 7) is 0.176. The molecule has 0 atom stereocenters. The molecule has 0 unspecified atom stereocenters. The largest absolute Gasteiger partial charge is 0.450 e. The van der Waals surface area contributed by atoms with Crippen molar-refractivity contribution in [2.45, 2.75) is 25.5 Å². The summed E-state index contributed by atoms with van der Waals surface area (Å²) < 4.78 is 10.6. The number of carbonyl (C=O) groups excluding carboxylic acids is 3. The number of fused-ring (bicyclic) bond motifs is 1. The molecule has 3 rings (SSSR count). The van der Waals surface area contributed by atoms with E-state index in [4.69, 9.17) is 9.15 Å². The highest BCUT2D eigenvalue weighted by atomic mass is 16.5. The Hall–Kier alpha value is -2.87. The highest BCUT2D eigenvalue weighted by molar-refractivity contribution is 6.35. The molecule has 1 heterocycles. The molecular weight excluding hydrogens is 314 g/mol. The van der Waals surface area contributed by atoms with Crippen molar-refractivity contribution in [2.75, 3.05) is 7.11 Å². The number of furan rings is 1. The van der Waals surface area contributed by atoms with Gasteiger partial charge in [-0.3, -0.25) is 25.2 Å². The van der Waals surface area contributed by atoms with Crippen molar-refractivity contribution >= 4 is 28.7 Å². The van der Waals surface area contributed by atoms with Crippen molar-refractivity contribution in [1.82, 2.24) is 16.2 Å². The molecule has 8 heteroatoms. The number of benzene rings is 1. The number of carbonyl (C=O) groups is 3. The molecule has 1 saturated carbocycles. The topological polar surface area (TPSA) is 110 Å². The van der Waals surface area contributed by atoms with Crippen molar-refractivity contribution in [1.29, 1.82) is 0 Å². The summed E-state index contributed by atoms with van der Waals surface area (Å²) in [6.07, 6.45) is 1.73. The average molecular weight is 331 g/mol. The van der Waals surface area contributed by atoms with E-state index in [0.717, 1.165) is 18.2 Å². The molecule has 1 aromatic carbocycles. The zero-order valence-corrected chi connectivity index (χ0v) is 13.0. The van der Waals surface area contributed by atoms with E-state index in [1.54, 1.807) is 12.1 Å². The molecular formula is C16H17N3O5.